The molecular formula is C54H36N2. The van der Waals surface area contributed by atoms with Crippen LogP contribution in [0.5, 0.6) is 0 Å². The maximum Gasteiger partial charge on any atom is 0.0640 e. The van der Waals surface area contributed by atoms with Gasteiger partial charge in [0.1, 0.15) is 0 Å². The average Bonchev–Trinajstić information content (AvgIpc) is 3.62. The molecule has 0 fully saturated rings. The second-order valence-corrected chi connectivity index (χ2v) is 14.5. The number of benzene rings is 10. The minimum Gasteiger partial charge on any atom is -0.310 e. The summed E-state index contributed by atoms with van der Waals surface area (Å²) in [5.41, 5.74) is 11.7. The summed E-state index contributed by atoms with van der Waals surface area (Å²) in [4.78, 5) is 2.44. The Bertz CT molecular complexity index is 3220. The van der Waals surface area contributed by atoms with Crippen molar-refractivity contribution < 1.29 is 0 Å². The highest BCUT2D eigenvalue weighted by molar-refractivity contribution is 6.25. The Hall–Kier alpha value is -7.42. The quantitative estimate of drug-likeness (QED) is 0.156. The molecule has 0 amide bonds. The first-order valence-electron chi connectivity index (χ1n) is 19.3. The van der Waals surface area contributed by atoms with Gasteiger partial charge in [0.05, 0.1) is 16.7 Å². The maximum atomic E-state index is 2.47. The first-order chi connectivity index (χ1) is 27.8. The molecule has 56 heavy (non-hydrogen) atoms. The molecule has 0 aliphatic rings. The fourth-order valence-corrected chi connectivity index (χ4v) is 8.78. The molecule has 0 aliphatic carbocycles. The lowest BCUT2D eigenvalue weighted by molar-refractivity contribution is 1.19. The Labute approximate surface area is 325 Å². The van der Waals surface area contributed by atoms with Crippen molar-refractivity contribution in [3.05, 3.63) is 218 Å². The van der Waals surface area contributed by atoms with Gasteiger partial charge in [-0.05, 0) is 104 Å². The Morgan fingerprint density at radius 1 is 0.339 bits per heavy atom. The van der Waals surface area contributed by atoms with Crippen molar-refractivity contribution in [3.63, 3.8) is 0 Å². The zero-order valence-electron chi connectivity index (χ0n) is 30.7. The molecule has 2 heteroatoms. The van der Waals surface area contributed by atoms with Gasteiger partial charge in [-0.15, -0.1) is 0 Å². The predicted octanol–water partition coefficient (Wildman–Crippen LogP) is 15.0. The van der Waals surface area contributed by atoms with Crippen molar-refractivity contribution in [2.45, 2.75) is 0 Å². The molecule has 1 aromatic heterocycles. The van der Waals surface area contributed by atoms with Crippen LogP contribution in [0.1, 0.15) is 0 Å². The van der Waals surface area contributed by atoms with E-state index in [0.29, 0.717) is 0 Å². The molecule has 2 nitrogen and oxygen atoms in total. The maximum absolute atomic E-state index is 2.47. The molecule has 0 atom stereocenters. The van der Waals surface area contributed by atoms with Crippen LogP contribution in [-0.2, 0) is 0 Å². The number of rotatable bonds is 6. The average molecular weight is 713 g/mol. The Morgan fingerprint density at radius 2 is 0.893 bits per heavy atom. The standard InChI is InChI=1S/C54H36N2/c1-4-16-37(17-5-1)39-30-33-49-51(35-39)56(43-22-8-3-9-23-43)54-46-25-13-11-19-41(46)36-52(53(49)54)55(42-20-6-2-7-21-42)44-31-28-38(29-32-44)50-34-40-18-10-12-24-45(40)47-26-14-15-27-48(47)50/h1-36H. The fourth-order valence-electron chi connectivity index (χ4n) is 8.78. The molecule has 262 valence electrons. The second-order valence-electron chi connectivity index (χ2n) is 14.5. The fraction of sp³-hybridized carbons (Fsp3) is 0. The molecular weight excluding hydrogens is 677 g/mol. The van der Waals surface area contributed by atoms with E-state index in [2.05, 4.69) is 228 Å². The summed E-state index contributed by atoms with van der Waals surface area (Å²) < 4.78 is 2.47. The van der Waals surface area contributed by atoms with E-state index in [1.165, 1.54) is 76.4 Å². The van der Waals surface area contributed by atoms with Crippen molar-refractivity contribution in [3.8, 4) is 27.9 Å². The summed E-state index contributed by atoms with van der Waals surface area (Å²) in [6, 6.07) is 79.5. The van der Waals surface area contributed by atoms with Crippen LogP contribution >= 0.6 is 0 Å². The number of hydrogen-bond acceptors (Lipinski definition) is 1. The van der Waals surface area contributed by atoms with Crippen LogP contribution in [0.25, 0.3) is 82.1 Å². The Kier molecular flexibility index (Phi) is 7.53. The van der Waals surface area contributed by atoms with Crippen molar-refractivity contribution in [1.29, 1.82) is 0 Å². The van der Waals surface area contributed by atoms with Crippen LogP contribution in [0.15, 0.2) is 218 Å². The van der Waals surface area contributed by atoms with E-state index in [9.17, 15) is 0 Å². The van der Waals surface area contributed by atoms with Crippen LogP contribution in [0.2, 0.25) is 0 Å². The highest BCUT2D eigenvalue weighted by atomic mass is 15.1. The summed E-state index contributed by atoms with van der Waals surface area (Å²) in [7, 11) is 0. The molecule has 11 rings (SSSR count). The van der Waals surface area contributed by atoms with Crippen LogP contribution in [0.4, 0.5) is 17.1 Å². The second kappa shape index (κ2) is 13.2. The molecule has 0 spiro atoms. The predicted molar refractivity (Wildman–Crippen MR) is 239 cm³/mol. The van der Waals surface area contributed by atoms with Gasteiger partial charge in [0.15, 0.2) is 0 Å². The lowest BCUT2D eigenvalue weighted by Crippen LogP contribution is -2.10. The van der Waals surface area contributed by atoms with Gasteiger partial charge in [-0.2, -0.15) is 0 Å². The molecule has 0 N–H and O–H groups in total. The van der Waals surface area contributed by atoms with E-state index in [4.69, 9.17) is 0 Å². The van der Waals surface area contributed by atoms with E-state index in [-0.39, 0.29) is 0 Å². The van der Waals surface area contributed by atoms with E-state index in [1.54, 1.807) is 0 Å². The summed E-state index contributed by atoms with van der Waals surface area (Å²) >= 11 is 0. The minimum absolute atomic E-state index is 1.10. The Morgan fingerprint density at radius 3 is 1.62 bits per heavy atom. The molecule has 0 saturated carbocycles. The summed E-state index contributed by atoms with van der Waals surface area (Å²) in [6.45, 7) is 0. The molecule has 10 aromatic carbocycles. The van der Waals surface area contributed by atoms with Crippen molar-refractivity contribution in [2.24, 2.45) is 0 Å². The SMILES string of the molecule is c1ccc(-c2ccc3c4c(N(c5ccccc5)c5ccc(-c6cc7ccccc7c7ccccc67)cc5)cc5ccccc5c4n(-c4ccccc4)c3c2)cc1. The van der Waals surface area contributed by atoms with Gasteiger partial charge < -0.3 is 9.47 Å². The first-order valence-corrected chi connectivity index (χ1v) is 19.3. The molecule has 0 saturated heterocycles. The molecule has 11 aromatic rings. The molecule has 0 bridgehead atoms. The third-order valence-corrected chi connectivity index (χ3v) is 11.3. The highest BCUT2D eigenvalue weighted by Crippen LogP contribution is 2.48. The number of fused-ring (bicyclic) bond motifs is 8. The van der Waals surface area contributed by atoms with Crippen molar-refractivity contribution in [1.82, 2.24) is 4.57 Å². The summed E-state index contributed by atoms with van der Waals surface area (Å²) in [5.74, 6) is 0. The normalized spacial score (nSPS) is 11.6. The van der Waals surface area contributed by atoms with E-state index in [0.717, 1.165) is 22.7 Å². The lowest BCUT2D eigenvalue weighted by Gasteiger charge is -2.27. The van der Waals surface area contributed by atoms with E-state index in [1.807, 2.05) is 0 Å². The number of anilines is 3. The molecule has 0 unspecified atom stereocenters. The molecule has 0 radical (unpaired) electrons. The minimum atomic E-state index is 1.10. The van der Waals surface area contributed by atoms with Crippen LogP contribution in [0.3, 0.4) is 0 Å². The third-order valence-electron chi connectivity index (χ3n) is 11.3. The number of aromatic nitrogens is 1. The van der Waals surface area contributed by atoms with Gasteiger partial charge >= 0.3 is 0 Å². The summed E-state index contributed by atoms with van der Waals surface area (Å²) in [6.07, 6.45) is 0. The van der Waals surface area contributed by atoms with Gasteiger partial charge in [-0.25, -0.2) is 0 Å². The zero-order chi connectivity index (χ0) is 37.0. The highest BCUT2D eigenvalue weighted by Gasteiger charge is 2.24. The van der Waals surface area contributed by atoms with Crippen LogP contribution in [0, 0.1) is 0 Å². The van der Waals surface area contributed by atoms with Gasteiger partial charge in [0.25, 0.3) is 0 Å². The van der Waals surface area contributed by atoms with E-state index >= 15 is 0 Å². The van der Waals surface area contributed by atoms with Gasteiger partial charge in [-0.3, -0.25) is 0 Å². The van der Waals surface area contributed by atoms with Gasteiger partial charge in [-0.1, -0.05) is 164 Å². The topological polar surface area (TPSA) is 8.17 Å². The van der Waals surface area contributed by atoms with Crippen LogP contribution in [-0.4, -0.2) is 4.57 Å². The number of hydrogen-bond donors (Lipinski definition) is 0. The smallest absolute Gasteiger partial charge is 0.0640 e. The summed E-state index contributed by atoms with van der Waals surface area (Å²) in [5, 5.41) is 9.92. The zero-order valence-corrected chi connectivity index (χ0v) is 30.7. The Balaban J connectivity index is 1.19. The third kappa shape index (κ3) is 5.19. The molecule has 0 aliphatic heterocycles. The van der Waals surface area contributed by atoms with E-state index < -0.39 is 0 Å². The van der Waals surface area contributed by atoms with Crippen LogP contribution < -0.4 is 4.90 Å². The monoisotopic (exact) mass is 712 g/mol. The molecule has 1 heterocycles. The number of nitrogens with zero attached hydrogens (tertiary/aromatic N) is 2. The first kappa shape index (κ1) is 32.0. The van der Waals surface area contributed by atoms with Crippen molar-refractivity contribution in [2.75, 3.05) is 4.90 Å². The number of para-hydroxylation sites is 2. The largest absolute Gasteiger partial charge is 0.310 e. The lowest BCUT2D eigenvalue weighted by atomic mass is 9.93. The van der Waals surface area contributed by atoms with Gasteiger partial charge in [0, 0.05) is 33.2 Å². The van der Waals surface area contributed by atoms with Gasteiger partial charge in [0.2, 0.25) is 0 Å². The van der Waals surface area contributed by atoms with Crippen molar-refractivity contribution >= 4 is 71.2 Å².